The highest BCUT2D eigenvalue weighted by molar-refractivity contribution is 6.38. The highest BCUT2D eigenvalue weighted by Gasteiger charge is 2.39. The van der Waals surface area contributed by atoms with Crippen molar-refractivity contribution in [2.75, 3.05) is 13.2 Å². The molecule has 1 heterocycles. The van der Waals surface area contributed by atoms with Gasteiger partial charge in [0.1, 0.15) is 12.1 Å². The molecule has 2 amide bonds. The third-order valence-electron chi connectivity index (χ3n) is 5.19. The molecule has 0 bridgehead atoms. The number of alkyl carbamates (subject to hydrolysis) is 1. The minimum Gasteiger partial charge on any atom is -0.443 e. The van der Waals surface area contributed by atoms with Crippen molar-refractivity contribution >= 4 is 17.8 Å². The first-order chi connectivity index (χ1) is 13.7. The lowest BCUT2D eigenvalue weighted by molar-refractivity contribution is -0.139. The molecule has 2 N–H and O–H groups in total. The lowest BCUT2D eigenvalue weighted by Crippen LogP contribution is -2.49. The van der Waals surface area contributed by atoms with E-state index in [1.54, 1.807) is 0 Å². The predicted molar refractivity (Wildman–Crippen MR) is 109 cm³/mol. The topological polar surface area (TPSA) is 93.7 Å². The van der Waals surface area contributed by atoms with E-state index in [0.29, 0.717) is 26.1 Å². The summed E-state index contributed by atoms with van der Waals surface area (Å²) in [4.78, 5) is 37.6. The van der Waals surface area contributed by atoms with E-state index in [-0.39, 0.29) is 11.5 Å². The molecule has 1 saturated heterocycles. The number of nitrogens with one attached hydrogen (secondary N) is 2. The number of rotatable bonds is 9. The Morgan fingerprint density at radius 2 is 1.90 bits per heavy atom. The van der Waals surface area contributed by atoms with Crippen LogP contribution in [0, 0.1) is 5.41 Å². The Hall–Kier alpha value is -2.41. The van der Waals surface area contributed by atoms with Crippen molar-refractivity contribution in [3.8, 4) is 0 Å². The maximum absolute atomic E-state index is 12.7. The maximum Gasteiger partial charge on any atom is 0.408 e. The number of hydrogen-bond donors (Lipinski definition) is 2. The molecule has 7 nitrogen and oxygen atoms in total. The molecule has 0 aromatic heterocycles. The molecule has 3 atom stereocenters. The predicted octanol–water partition coefficient (Wildman–Crippen LogP) is 3.14. The molecule has 1 aliphatic rings. The second kappa shape index (κ2) is 10.4. The van der Waals surface area contributed by atoms with Crippen LogP contribution in [0.5, 0.6) is 0 Å². The fourth-order valence-corrected chi connectivity index (χ4v) is 3.17. The van der Waals surface area contributed by atoms with E-state index < -0.39 is 29.9 Å². The summed E-state index contributed by atoms with van der Waals surface area (Å²) < 4.78 is 10.8. The molecule has 1 fully saturated rings. The summed E-state index contributed by atoms with van der Waals surface area (Å²) in [6.45, 7) is 8.53. The molecular formula is C22H32N2O5. The van der Waals surface area contributed by atoms with Gasteiger partial charge in [0.05, 0.1) is 19.3 Å². The Bertz CT molecular complexity index is 704. The molecule has 1 aromatic rings. The molecular weight excluding hydrogens is 372 g/mol. The second-order valence-electron chi connectivity index (χ2n) is 8.21. The van der Waals surface area contributed by atoms with Crippen molar-refractivity contribution in [2.24, 2.45) is 5.41 Å². The molecule has 2 rings (SSSR count). The number of benzene rings is 1. The molecule has 0 radical (unpaired) electrons. The van der Waals surface area contributed by atoms with Gasteiger partial charge in [-0.05, 0) is 18.9 Å². The van der Waals surface area contributed by atoms with Gasteiger partial charge >= 0.3 is 6.09 Å². The van der Waals surface area contributed by atoms with Gasteiger partial charge in [-0.3, -0.25) is 9.59 Å². The molecule has 0 aliphatic carbocycles. The zero-order valence-electron chi connectivity index (χ0n) is 17.7. The third kappa shape index (κ3) is 6.56. The van der Waals surface area contributed by atoms with E-state index in [2.05, 4.69) is 10.6 Å². The maximum atomic E-state index is 12.7. The average molecular weight is 405 g/mol. The molecule has 1 aromatic carbocycles. The molecule has 2 unspecified atom stereocenters. The van der Waals surface area contributed by atoms with Crippen molar-refractivity contribution in [1.82, 2.24) is 10.6 Å². The monoisotopic (exact) mass is 404 g/mol. The lowest BCUT2D eigenvalue weighted by Gasteiger charge is -2.25. The van der Waals surface area contributed by atoms with Crippen LogP contribution in [0.3, 0.4) is 0 Å². The average Bonchev–Trinajstić information content (AvgIpc) is 3.02. The van der Waals surface area contributed by atoms with Crippen molar-refractivity contribution < 1.29 is 23.9 Å². The summed E-state index contributed by atoms with van der Waals surface area (Å²) in [6, 6.07) is 8.15. The molecule has 0 saturated carbocycles. The number of amides is 2. The van der Waals surface area contributed by atoms with E-state index >= 15 is 0 Å². The van der Waals surface area contributed by atoms with Gasteiger partial charge in [-0.1, -0.05) is 63.9 Å². The number of carbonyl (C=O) groups is 3. The first-order valence-electron chi connectivity index (χ1n) is 10.2. The number of hydrogen-bond acceptors (Lipinski definition) is 5. The normalized spacial score (nSPS) is 19.8. The summed E-state index contributed by atoms with van der Waals surface area (Å²) in [7, 11) is 0. The number of ketones is 1. The first-order valence-corrected chi connectivity index (χ1v) is 10.2. The summed E-state index contributed by atoms with van der Waals surface area (Å²) >= 11 is 0. The van der Waals surface area contributed by atoms with Crippen LogP contribution in [0.4, 0.5) is 4.79 Å². The number of unbranched alkanes of at least 4 members (excludes halogenated alkanes) is 1. The van der Waals surface area contributed by atoms with Gasteiger partial charge in [-0.15, -0.1) is 0 Å². The Morgan fingerprint density at radius 1 is 1.21 bits per heavy atom. The Labute approximate surface area is 172 Å². The molecule has 29 heavy (non-hydrogen) atoms. The Morgan fingerprint density at radius 3 is 2.48 bits per heavy atom. The van der Waals surface area contributed by atoms with Gasteiger partial charge in [-0.25, -0.2) is 4.79 Å². The number of carbonyl (C=O) groups excluding carboxylic acids is 3. The molecule has 0 spiro atoms. The van der Waals surface area contributed by atoms with Gasteiger partial charge < -0.3 is 20.1 Å². The number of ether oxygens (including phenoxy) is 2. The highest BCUT2D eigenvalue weighted by Crippen LogP contribution is 2.29. The fourth-order valence-electron chi connectivity index (χ4n) is 3.17. The van der Waals surface area contributed by atoms with Crippen molar-refractivity contribution in [3.05, 3.63) is 35.9 Å². The SMILES string of the molecule is CCCCC(NC(=O)OC1COCC1(C)C)C(=O)C(=O)N[C@H](C)c1ccccc1. The van der Waals surface area contributed by atoms with Crippen molar-refractivity contribution in [1.29, 1.82) is 0 Å². The van der Waals surface area contributed by atoms with Crippen molar-refractivity contribution in [2.45, 2.75) is 65.1 Å². The van der Waals surface area contributed by atoms with E-state index in [9.17, 15) is 14.4 Å². The van der Waals surface area contributed by atoms with Crippen LogP contribution in [0.25, 0.3) is 0 Å². The van der Waals surface area contributed by atoms with E-state index in [1.165, 1.54) is 0 Å². The Kier molecular flexibility index (Phi) is 8.20. The van der Waals surface area contributed by atoms with Gasteiger partial charge in [0.15, 0.2) is 0 Å². The standard InChI is InChI=1S/C22H32N2O5/c1-5-6-12-17(24-21(27)29-18-13-28-14-22(18,3)4)19(25)20(26)23-15(2)16-10-8-7-9-11-16/h7-11,15,17-18H,5-6,12-14H2,1-4H3,(H,23,26)(H,24,27)/t15-,17?,18?/m1/s1. The molecule has 7 heteroatoms. The van der Waals surface area contributed by atoms with Crippen LogP contribution in [-0.4, -0.2) is 43.1 Å². The summed E-state index contributed by atoms with van der Waals surface area (Å²) in [5.41, 5.74) is 0.609. The zero-order chi connectivity index (χ0) is 21.4. The quantitative estimate of drug-likeness (QED) is 0.617. The van der Waals surface area contributed by atoms with Crippen LogP contribution in [-0.2, 0) is 19.1 Å². The minimum atomic E-state index is -0.921. The Balaban J connectivity index is 1.97. The van der Waals surface area contributed by atoms with E-state index in [0.717, 1.165) is 12.0 Å². The van der Waals surface area contributed by atoms with E-state index in [1.807, 2.05) is 58.0 Å². The van der Waals surface area contributed by atoms with Gasteiger partial charge in [0, 0.05) is 5.41 Å². The summed E-state index contributed by atoms with van der Waals surface area (Å²) in [6.07, 6.45) is 0.827. The first kappa shape index (κ1) is 22.9. The van der Waals surface area contributed by atoms with E-state index in [4.69, 9.17) is 9.47 Å². The summed E-state index contributed by atoms with van der Waals surface area (Å²) in [5, 5.41) is 5.29. The van der Waals surface area contributed by atoms with Crippen molar-refractivity contribution in [3.63, 3.8) is 0 Å². The van der Waals surface area contributed by atoms with Crippen LogP contribution in [0.1, 0.15) is 58.6 Å². The summed E-state index contributed by atoms with van der Waals surface area (Å²) in [5.74, 6) is -1.38. The zero-order valence-corrected chi connectivity index (χ0v) is 17.7. The van der Waals surface area contributed by atoms with Gasteiger partial charge in [0.2, 0.25) is 5.78 Å². The van der Waals surface area contributed by atoms with Gasteiger partial charge in [0.25, 0.3) is 5.91 Å². The smallest absolute Gasteiger partial charge is 0.408 e. The third-order valence-corrected chi connectivity index (χ3v) is 5.19. The largest absolute Gasteiger partial charge is 0.443 e. The second-order valence-corrected chi connectivity index (χ2v) is 8.21. The van der Waals surface area contributed by atoms with Crippen LogP contribution in [0.2, 0.25) is 0 Å². The van der Waals surface area contributed by atoms with Crippen LogP contribution < -0.4 is 10.6 Å². The van der Waals surface area contributed by atoms with Crippen LogP contribution >= 0.6 is 0 Å². The highest BCUT2D eigenvalue weighted by atomic mass is 16.6. The fraction of sp³-hybridized carbons (Fsp3) is 0.591. The molecule has 160 valence electrons. The van der Waals surface area contributed by atoms with Gasteiger partial charge in [-0.2, -0.15) is 0 Å². The molecule has 1 aliphatic heterocycles. The lowest BCUT2D eigenvalue weighted by atomic mass is 9.90. The minimum absolute atomic E-state index is 0.289. The number of Topliss-reactive ketones (excluding diaryl/α,β-unsaturated/α-hetero) is 1. The van der Waals surface area contributed by atoms with Crippen LogP contribution in [0.15, 0.2) is 30.3 Å².